The minimum atomic E-state index is -0.666. The Morgan fingerprint density at radius 2 is 1.97 bits per heavy atom. The Balaban J connectivity index is 1.78. The molecule has 0 heterocycles. The summed E-state index contributed by atoms with van der Waals surface area (Å²) in [5.41, 5.74) is 0.959. The lowest BCUT2D eigenvalue weighted by Gasteiger charge is -2.19. The molecule has 1 saturated carbocycles. The molecule has 1 aliphatic rings. The molecule has 4 N–H and O–H groups in total. The second-order valence-electron chi connectivity index (χ2n) is 8.28. The van der Waals surface area contributed by atoms with E-state index < -0.39 is 18.3 Å². The lowest BCUT2D eigenvalue weighted by molar-refractivity contribution is -0.121. The summed E-state index contributed by atoms with van der Waals surface area (Å²) in [5.74, 6) is -0.529. The summed E-state index contributed by atoms with van der Waals surface area (Å²) in [6.07, 6.45) is 9.85. The van der Waals surface area contributed by atoms with Crippen LogP contribution in [0.25, 0.3) is 0 Å². The molecule has 0 radical (unpaired) electrons. The SMILES string of the molecule is CCNC(=O)CCC/C=C\C[C@@H]1[C@@H](/C=C/[C@@H](O)CCc2ccc(F)cc2)[C@H](O)C[C@@H]1O. The molecule has 1 fully saturated rings. The molecule has 6 heteroatoms. The lowest BCUT2D eigenvalue weighted by Crippen LogP contribution is -2.21. The zero-order valence-electron chi connectivity index (χ0n) is 18.3. The van der Waals surface area contributed by atoms with Gasteiger partial charge in [-0.15, -0.1) is 0 Å². The van der Waals surface area contributed by atoms with Crippen LogP contribution in [-0.4, -0.2) is 46.1 Å². The van der Waals surface area contributed by atoms with Gasteiger partial charge in [-0.25, -0.2) is 4.39 Å². The third-order valence-corrected chi connectivity index (χ3v) is 5.84. The highest BCUT2D eigenvalue weighted by molar-refractivity contribution is 5.75. The molecule has 5 atom stereocenters. The zero-order chi connectivity index (χ0) is 22.6. The van der Waals surface area contributed by atoms with Crippen LogP contribution >= 0.6 is 0 Å². The minimum Gasteiger partial charge on any atom is -0.393 e. The van der Waals surface area contributed by atoms with E-state index in [1.54, 1.807) is 18.2 Å². The number of carbonyl (C=O) groups excluding carboxylic acids is 1. The predicted molar refractivity (Wildman–Crippen MR) is 120 cm³/mol. The highest BCUT2D eigenvalue weighted by Gasteiger charge is 2.39. The van der Waals surface area contributed by atoms with Gasteiger partial charge in [0.25, 0.3) is 0 Å². The molecule has 31 heavy (non-hydrogen) atoms. The molecule has 0 unspecified atom stereocenters. The van der Waals surface area contributed by atoms with E-state index in [1.807, 2.05) is 25.2 Å². The van der Waals surface area contributed by atoms with Gasteiger partial charge in [-0.2, -0.15) is 0 Å². The molecule has 0 aromatic heterocycles. The number of rotatable bonds is 12. The number of aryl methyl sites for hydroxylation is 1. The fraction of sp³-hybridized carbons (Fsp3) is 0.560. The largest absolute Gasteiger partial charge is 0.393 e. The van der Waals surface area contributed by atoms with Crippen LogP contribution in [0.1, 0.15) is 51.0 Å². The summed E-state index contributed by atoms with van der Waals surface area (Å²) >= 11 is 0. The van der Waals surface area contributed by atoms with Crippen molar-refractivity contribution < 1.29 is 24.5 Å². The van der Waals surface area contributed by atoms with Gasteiger partial charge in [0.1, 0.15) is 5.82 Å². The van der Waals surface area contributed by atoms with E-state index in [4.69, 9.17) is 0 Å². The van der Waals surface area contributed by atoms with Crippen LogP contribution in [0.5, 0.6) is 0 Å². The molecular formula is C25H36FNO4. The minimum absolute atomic E-state index is 0.0634. The molecule has 0 saturated heterocycles. The fourth-order valence-corrected chi connectivity index (χ4v) is 4.06. The Morgan fingerprint density at radius 3 is 2.68 bits per heavy atom. The van der Waals surface area contributed by atoms with Crippen molar-refractivity contribution in [3.8, 4) is 0 Å². The summed E-state index contributed by atoms with van der Waals surface area (Å²) < 4.78 is 13.0. The summed E-state index contributed by atoms with van der Waals surface area (Å²) in [6.45, 7) is 2.54. The molecule has 1 aliphatic carbocycles. The molecule has 0 bridgehead atoms. The molecule has 0 spiro atoms. The van der Waals surface area contributed by atoms with Gasteiger partial charge in [0.2, 0.25) is 5.91 Å². The highest BCUT2D eigenvalue weighted by Crippen LogP contribution is 2.36. The number of nitrogens with one attached hydrogen (secondary N) is 1. The molecule has 0 aliphatic heterocycles. The van der Waals surface area contributed by atoms with Gasteiger partial charge in [-0.1, -0.05) is 36.4 Å². The van der Waals surface area contributed by atoms with Crippen molar-refractivity contribution in [1.82, 2.24) is 5.32 Å². The number of hydrogen-bond acceptors (Lipinski definition) is 4. The first kappa shape index (κ1) is 25.2. The first-order chi connectivity index (χ1) is 14.9. The topological polar surface area (TPSA) is 89.8 Å². The smallest absolute Gasteiger partial charge is 0.219 e. The van der Waals surface area contributed by atoms with Crippen molar-refractivity contribution in [2.75, 3.05) is 6.54 Å². The second kappa shape index (κ2) is 13.4. The Kier molecular flexibility index (Phi) is 10.9. The van der Waals surface area contributed by atoms with E-state index in [2.05, 4.69) is 5.32 Å². The van der Waals surface area contributed by atoms with Crippen LogP contribution in [0.2, 0.25) is 0 Å². The number of carbonyl (C=O) groups is 1. The summed E-state index contributed by atoms with van der Waals surface area (Å²) in [5, 5.41) is 33.7. The monoisotopic (exact) mass is 433 g/mol. The first-order valence-corrected chi connectivity index (χ1v) is 11.3. The summed E-state index contributed by atoms with van der Waals surface area (Å²) in [7, 11) is 0. The van der Waals surface area contributed by atoms with Gasteiger partial charge in [-0.05, 0) is 62.6 Å². The van der Waals surface area contributed by atoms with Gasteiger partial charge < -0.3 is 20.6 Å². The maximum absolute atomic E-state index is 13.0. The fourth-order valence-electron chi connectivity index (χ4n) is 4.06. The van der Waals surface area contributed by atoms with Gasteiger partial charge in [0.05, 0.1) is 18.3 Å². The average molecular weight is 434 g/mol. The Morgan fingerprint density at radius 1 is 1.23 bits per heavy atom. The molecule has 172 valence electrons. The first-order valence-electron chi connectivity index (χ1n) is 11.3. The quantitative estimate of drug-likeness (QED) is 0.301. The van der Waals surface area contributed by atoms with Gasteiger partial charge >= 0.3 is 0 Å². The van der Waals surface area contributed by atoms with Crippen LogP contribution in [0.4, 0.5) is 4.39 Å². The molecular weight excluding hydrogens is 397 g/mol. The van der Waals surface area contributed by atoms with Crippen molar-refractivity contribution in [2.45, 2.75) is 70.2 Å². The van der Waals surface area contributed by atoms with Crippen molar-refractivity contribution in [3.63, 3.8) is 0 Å². The third kappa shape index (κ3) is 8.93. The van der Waals surface area contributed by atoms with Crippen LogP contribution in [0.3, 0.4) is 0 Å². The van der Waals surface area contributed by atoms with E-state index >= 15 is 0 Å². The van der Waals surface area contributed by atoms with Gasteiger partial charge in [0.15, 0.2) is 0 Å². The number of aliphatic hydroxyl groups excluding tert-OH is 3. The van der Waals surface area contributed by atoms with Crippen LogP contribution in [-0.2, 0) is 11.2 Å². The number of halogens is 1. The molecule has 1 amide bonds. The van der Waals surface area contributed by atoms with Crippen LogP contribution in [0.15, 0.2) is 48.6 Å². The van der Waals surface area contributed by atoms with Gasteiger partial charge in [-0.3, -0.25) is 4.79 Å². The number of amides is 1. The van der Waals surface area contributed by atoms with Crippen LogP contribution < -0.4 is 5.32 Å². The Bertz CT molecular complexity index is 719. The summed E-state index contributed by atoms with van der Waals surface area (Å²) in [4.78, 5) is 11.4. The molecule has 1 aromatic carbocycles. The summed E-state index contributed by atoms with van der Waals surface area (Å²) in [6, 6.07) is 6.24. The highest BCUT2D eigenvalue weighted by atomic mass is 19.1. The van der Waals surface area contributed by atoms with E-state index in [9.17, 15) is 24.5 Å². The third-order valence-electron chi connectivity index (χ3n) is 5.84. The zero-order valence-corrected chi connectivity index (χ0v) is 18.3. The van der Waals surface area contributed by atoms with Crippen molar-refractivity contribution >= 4 is 5.91 Å². The van der Waals surface area contributed by atoms with E-state index in [0.29, 0.717) is 38.6 Å². The van der Waals surface area contributed by atoms with E-state index in [0.717, 1.165) is 18.4 Å². The number of aliphatic hydroxyl groups is 3. The average Bonchev–Trinajstić information content (AvgIpc) is 3.01. The number of unbranched alkanes of at least 4 members (excludes halogenated alkanes) is 1. The molecule has 2 rings (SSSR count). The Labute approximate surface area is 184 Å². The van der Waals surface area contributed by atoms with E-state index in [1.165, 1.54) is 12.1 Å². The van der Waals surface area contributed by atoms with Crippen molar-refractivity contribution in [3.05, 3.63) is 60.0 Å². The number of benzene rings is 1. The van der Waals surface area contributed by atoms with Gasteiger partial charge in [0, 0.05) is 25.3 Å². The van der Waals surface area contributed by atoms with E-state index in [-0.39, 0.29) is 23.6 Å². The molecule has 1 aromatic rings. The predicted octanol–water partition coefficient (Wildman–Crippen LogP) is 3.29. The normalized spacial score (nSPS) is 24.8. The van der Waals surface area contributed by atoms with Crippen molar-refractivity contribution in [1.29, 1.82) is 0 Å². The second-order valence-corrected chi connectivity index (χ2v) is 8.28. The maximum atomic E-state index is 13.0. The standard InChI is InChI=1S/C25H36FNO4/c1-2-27-25(31)8-6-4-3-5-7-21-22(24(30)17-23(21)29)16-15-20(28)14-11-18-9-12-19(26)13-10-18/h3,5,9-10,12-13,15-16,20-24,28-30H,2,4,6-8,11,14,17H2,1H3,(H,27,31)/b5-3-,16-15+/t20-,21+,22+,23-,24+/m0/s1. The number of hydrogen-bond donors (Lipinski definition) is 4. The maximum Gasteiger partial charge on any atom is 0.219 e. The lowest BCUT2D eigenvalue weighted by atomic mass is 9.89. The van der Waals surface area contributed by atoms with Crippen LogP contribution in [0, 0.1) is 17.7 Å². The Hall–Kier alpha value is -2.02. The molecule has 5 nitrogen and oxygen atoms in total. The number of allylic oxidation sites excluding steroid dienone is 2. The van der Waals surface area contributed by atoms with Crippen molar-refractivity contribution in [2.24, 2.45) is 11.8 Å².